The average Bonchev–Trinajstić information content (AvgIpc) is 2.39. The minimum atomic E-state index is -0.264. The molecule has 1 fully saturated rings. The molecule has 1 saturated heterocycles. The van der Waals surface area contributed by atoms with Crippen molar-refractivity contribution in [1.29, 1.82) is 0 Å². The lowest BCUT2D eigenvalue weighted by Gasteiger charge is -2.18. The van der Waals surface area contributed by atoms with Crippen molar-refractivity contribution in [1.82, 2.24) is 0 Å². The van der Waals surface area contributed by atoms with Crippen molar-refractivity contribution in [2.24, 2.45) is 0 Å². The van der Waals surface area contributed by atoms with E-state index in [0.29, 0.717) is 0 Å². The Morgan fingerprint density at radius 1 is 1.27 bits per heavy atom. The molecular weight excluding hydrogens is 144 g/mol. The lowest BCUT2D eigenvalue weighted by Crippen LogP contribution is -2.23. The summed E-state index contributed by atoms with van der Waals surface area (Å²) in [7, 11) is 0. The molecule has 0 unspecified atom stereocenters. The molecule has 0 spiro atoms. The van der Waals surface area contributed by atoms with Crippen LogP contribution >= 0.6 is 0 Å². The number of aliphatic hydroxyl groups excluding tert-OH is 1. The highest BCUT2D eigenvalue weighted by molar-refractivity contribution is 4.64. The van der Waals surface area contributed by atoms with Crippen molar-refractivity contribution in [3.8, 4) is 0 Å². The standard InChI is InChI=1S/C6H12O2.C2H6O/c1-3-6(2)7-4-5-8-6;1-2-3/h3-5H2,1-2H3;3H,2H2,1H3. The second-order valence-electron chi connectivity index (χ2n) is 2.50. The molecule has 0 bridgehead atoms. The van der Waals surface area contributed by atoms with Crippen molar-refractivity contribution in [3.05, 3.63) is 0 Å². The Hall–Kier alpha value is -0.120. The zero-order chi connectivity index (χ0) is 8.74. The SMILES string of the molecule is CCC1(C)OCCO1.CCO. The van der Waals surface area contributed by atoms with E-state index in [4.69, 9.17) is 14.6 Å². The zero-order valence-electron chi connectivity index (χ0n) is 7.59. The van der Waals surface area contributed by atoms with E-state index < -0.39 is 0 Å². The van der Waals surface area contributed by atoms with Crippen LogP contribution < -0.4 is 0 Å². The predicted octanol–water partition coefficient (Wildman–Crippen LogP) is 1.16. The van der Waals surface area contributed by atoms with Gasteiger partial charge in [0.05, 0.1) is 13.2 Å². The number of hydrogen-bond acceptors (Lipinski definition) is 3. The van der Waals surface area contributed by atoms with Crippen LogP contribution in [0.15, 0.2) is 0 Å². The summed E-state index contributed by atoms with van der Waals surface area (Å²) in [6.45, 7) is 7.47. The maximum atomic E-state index is 7.57. The van der Waals surface area contributed by atoms with Crippen LogP contribution in [0.5, 0.6) is 0 Å². The molecule has 1 heterocycles. The van der Waals surface area contributed by atoms with E-state index in [-0.39, 0.29) is 12.4 Å². The Balaban J connectivity index is 0.000000292. The molecule has 3 heteroatoms. The van der Waals surface area contributed by atoms with Gasteiger partial charge < -0.3 is 14.6 Å². The van der Waals surface area contributed by atoms with Gasteiger partial charge in [0.2, 0.25) is 0 Å². The highest BCUT2D eigenvalue weighted by Gasteiger charge is 2.27. The largest absolute Gasteiger partial charge is 0.397 e. The second-order valence-corrected chi connectivity index (χ2v) is 2.50. The molecule has 0 atom stereocenters. The first-order valence-corrected chi connectivity index (χ1v) is 4.07. The highest BCUT2D eigenvalue weighted by atomic mass is 16.7. The molecule has 11 heavy (non-hydrogen) atoms. The topological polar surface area (TPSA) is 38.7 Å². The number of aliphatic hydroxyl groups is 1. The lowest BCUT2D eigenvalue weighted by molar-refractivity contribution is -0.143. The van der Waals surface area contributed by atoms with Crippen molar-refractivity contribution >= 4 is 0 Å². The third-order valence-electron chi connectivity index (χ3n) is 1.54. The van der Waals surface area contributed by atoms with Gasteiger partial charge in [-0.25, -0.2) is 0 Å². The highest BCUT2D eigenvalue weighted by Crippen LogP contribution is 2.21. The first-order valence-electron chi connectivity index (χ1n) is 4.07. The van der Waals surface area contributed by atoms with Gasteiger partial charge in [0.15, 0.2) is 5.79 Å². The first-order chi connectivity index (χ1) is 5.18. The summed E-state index contributed by atoms with van der Waals surface area (Å²) in [5, 5.41) is 7.57. The van der Waals surface area contributed by atoms with Gasteiger partial charge in [0, 0.05) is 6.61 Å². The van der Waals surface area contributed by atoms with Crippen LogP contribution in [0.2, 0.25) is 0 Å². The minimum Gasteiger partial charge on any atom is -0.397 e. The van der Waals surface area contributed by atoms with Gasteiger partial charge in [-0.3, -0.25) is 0 Å². The molecular formula is C8H18O3. The molecule has 1 aliphatic rings. The summed E-state index contributed by atoms with van der Waals surface area (Å²) >= 11 is 0. The molecule has 68 valence electrons. The molecule has 0 radical (unpaired) electrons. The minimum absolute atomic E-state index is 0.250. The van der Waals surface area contributed by atoms with Gasteiger partial charge in [0.25, 0.3) is 0 Å². The van der Waals surface area contributed by atoms with Crippen LogP contribution in [0.1, 0.15) is 27.2 Å². The zero-order valence-corrected chi connectivity index (χ0v) is 7.59. The molecule has 0 aliphatic carbocycles. The predicted molar refractivity (Wildman–Crippen MR) is 43.4 cm³/mol. The monoisotopic (exact) mass is 162 g/mol. The first kappa shape index (κ1) is 10.9. The summed E-state index contributed by atoms with van der Waals surface area (Å²) < 4.78 is 10.5. The van der Waals surface area contributed by atoms with E-state index in [9.17, 15) is 0 Å². The molecule has 3 nitrogen and oxygen atoms in total. The second kappa shape index (κ2) is 5.52. The molecule has 1 aliphatic heterocycles. The maximum Gasteiger partial charge on any atom is 0.165 e. The molecule has 1 N–H and O–H groups in total. The van der Waals surface area contributed by atoms with Crippen LogP contribution in [0.3, 0.4) is 0 Å². The van der Waals surface area contributed by atoms with Crippen molar-refractivity contribution < 1.29 is 14.6 Å². The quantitative estimate of drug-likeness (QED) is 0.628. The lowest BCUT2D eigenvalue weighted by atomic mass is 10.2. The average molecular weight is 162 g/mol. The van der Waals surface area contributed by atoms with Gasteiger partial charge >= 0.3 is 0 Å². The van der Waals surface area contributed by atoms with Crippen molar-refractivity contribution in [2.75, 3.05) is 19.8 Å². The Bertz CT molecular complexity index is 87.3. The van der Waals surface area contributed by atoms with Crippen LogP contribution in [-0.4, -0.2) is 30.7 Å². The molecule has 0 saturated carbocycles. The van der Waals surface area contributed by atoms with Crippen LogP contribution in [-0.2, 0) is 9.47 Å². The third kappa shape index (κ3) is 4.35. The fourth-order valence-electron chi connectivity index (χ4n) is 0.761. The fraction of sp³-hybridized carbons (Fsp3) is 1.00. The van der Waals surface area contributed by atoms with E-state index >= 15 is 0 Å². The Labute approximate surface area is 68.3 Å². The molecule has 0 aromatic rings. The molecule has 1 rings (SSSR count). The molecule has 0 aromatic carbocycles. The number of hydrogen-bond donors (Lipinski definition) is 1. The van der Waals surface area contributed by atoms with Gasteiger partial charge in [-0.15, -0.1) is 0 Å². The van der Waals surface area contributed by atoms with Crippen LogP contribution in [0.4, 0.5) is 0 Å². The molecule has 0 aromatic heterocycles. The van der Waals surface area contributed by atoms with E-state index in [1.165, 1.54) is 0 Å². The van der Waals surface area contributed by atoms with Crippen molar-refractivity contribution in [3.63, 3.8) is 0 Å². The van der Waals surface area contributed by atoms with Gasteiger partial charge in [-0.2, -0.15) is 0 Å². The normalized spacial score (nSPS) is 20.7. The summed E-state index contributed by atoms with van der Waals surface area (Å²) in [5.41, 5.74) is 0. The van der Waals surface area contributed by atoms with Crippen molar-refractivity contribution in [2.45, 2.75) is 33.0 Å². The van der Waals surface area contributed by atoms with E-state index in [2.05, 4.69) is 6.92 Å². The summed E-state index contributed by atoms with van der Waals surface area (Å²) in [6.07, 6.45) is 0.938. The van der Waals surface area contributed by atoms with Gasteiger partial charge in [-0.1, -0.05) is 6.92 Å². The van der Waals surface area contributed by atoms with Crippen LogP contribution in [0, 0.1) is 0 Å². The van der Waals surface area contributed by atoms with Gasteiger partial charge in [0.1, 0.15) is 0 Å². The Morgan fingerprint density at radius 2 is 1.64 bits per heavy atom. The number of ether oxygens (including phenoxy) is 2. The molecule has 0 amide bonds. The summed E-state index contributed by atoms with van der Waals surface area (Å²) in [4.78, 5) is 0. The van der Waals surface area contributed by atoms with Gasteiger partial charge in [-0.05, 0) is 20.3 Å². The Morgan fingerprint density at radius 3 is 1.82 bits per heavy atom. The third-order valence-corrected chi connectivity index (χ3v) is 1.54. The maximum absolute atomic E-state index is 7.57. The van der Waals surface area contributed by atoms with E-state index in [1.807, 2.05) is 6.92 Å². The summed E-state index contributed by atoms with van der Waals surface area (Å²) in [6, 6.07) is 0. The number of rotatable bonds is 1. The van der Waals surface area contributed by atoms with E-state index in [1.54, 1.807) is 6.92 Å². The Kier molecular flexibility index (Phi) is 5.46. The van der Waals surface area contributed by atoms with Crippen LogP contribution in [0.25, 0.3) is 0 Å². The van der Waals surface area contributed by atoms with E-state index in [0.717, 1.165) is 19.6 Å². The smallest absolute Gasteiger partial charge is 0.165 e. The summed E-state index contributed by atoms with van der Waals surface area (Å²) in [5.74, 6) is -0.264. The fourth-order valence-corrected chi connectivity index (χ4v) is 0.761.